The molecule has 2 saturated carbocycles. The van der Waals surface area contributed by atoms with Crippen molar-refractivity contribution in [3.63, 3.8) is 0 Å². The molecule has 2 fully saturated rings. The Labute approximate surface area is 255 Å². The number of unbranched alkanes of at least 4 members (excludes halogenated alkanes) is 2. The Bertz CT molecular complexity index is 1380. The summed E-state index contributed by atoms with van der Waals surface area (Å²) in [5.41, 5.74) is 4.12. The lowest BCUT2D eigenvalue weighted by Gasteiger charge is -2.29. The van der Waals surface area contributed by atoms with Crippen LogP contribution in [0.3, 0.4) is 0 Å². The molecule has 40 heavy (non-hydrogen) atoms. The molecule has 212 valence electrons. The Morgan fingerprint density at radius 3 is 2.55 bits per heavy atom. The summed E-state index contributed by atoms with van der Waals surface area (Å²) < 4.78 is 6.55. The minimum Gasteiger partial charge on any atom is -0.295 e. The van der Waals surface area contributed by atoms with Crippen molar-refractivity contribution in [1.82, 2.24) is 4.98 Å². The molecule has 3 aromatic carbocycles. The number of benzene rings is 3. The summed E-state index contributed by atoms with van der Waals surface area (Å²) >= 11 is 1.56. The quantitative estimate of drug-likeness (QED) is 0.0953. The maximum absolute atomic E-state index is 5.09. The minimum absolute atomic E-state index is 0.315. The number of fused-ring (bicyclic) bond motifs is 2. The molecule has 2 aliphatic carbocycles. The van der Waals surface area contributed by atoms with Crippen molar-refractivity contribution in [2.24, 2.45) is 11.8 Å². The summed E-state index contributed by atoms with van der Waals surface area (Å²) in [5.74, 6) is 2.53. The standard InChI is InChI=1S/C36H45IN2S/c1-2-3-5-11-27-18-20-29(21-19-27)30-22-23-33-31(24-30)14-10-15-32(33)25-37-39(26-28-12-6-4-7-13-28)36-38-34-16-8-9-17-35(34)40-36/h8-10,14-17,22-25,27-29H,2-7,11-13,18-21,26H2,1H3. The van der Waals surface area contributed by atoms with Crippen LogP contribution in [0, 0.1) is 11.8 Å². The molecule has 0 bridgehead atoms. The van der Waals surface area contributed by atoms with E-state index in [0.717, 1.165) is 23.3 Å². The third kappa shape index (κ3) is 6.98. The highest BCUT2D eigenvalue weighted by Crippen LogP contribution is 2.39. The fraction of sp³-hybridized carbons (Fsp3) is 0.500. The maximum Gasteiger partial charge on any atom is 0.194 e. The number of halogens is 1. The zero-order valence-corrected chi connectivity index (χ0v) is 27.1. The van der Waals surface area contributed by atoms with Crippen LogP contribution in [-0.2, 0) is 0 Å². The zero-order valence-electron chi connectivity index (χ0n) is 24.2. The van der Waals surface area contributed by atoms with E-state index in [1.165, 1.54) is 116 Å². The van der Waals surface area contributed by atoms with Gasteiger partial charge in [0.15, 0.2) is 5.13 Å². The molecule has 2 nitrogen and oxygen atoms in total. The number of thiazole rings is 1. The molecule has 0 radical (unpaired) electrons. The minimum atomic E-state index is -0.315. The van der Waals surface area contributed by atoms with Crippen LogP contribution in [-0.4, -0.2) is 15.5 Å². The topological polar surface area (TPSA) is 16.1 Å². The molecular formula is C36H45IN2S. The largest absolute Gasteiger partial charge is 0.295 e. The highest BCUT2D eigenvalue weighted by Gasteiger charge is 2.23. The Kier molecular flexibility index (Phi) is 9.86. The molecule has 2 aliphatic rings. The highest BCUT2D eigenvalue weighted by molar-refractivity contribution is 14.2. The van der Waals surface area contributed by atoms with E-state index in [1.54, 1.807) is 5.56 Å². The molecule has 0 amide bonds. The average molecular weight is 665 g/mol. The number of anilines is 1. The Hall–Kier alpha value is -1.79. The SMILES string of the molecule is CCCCCC1CCC(c2ccc3c(C=IN(CC4CCCCC4)c4nc5ccccc5s4)cccc3c2)CC1. The number of nitrogens with zero attached hydrogens (tertiary/aromatic N) is 2. The first kappa shape index (κ1) is 28.3. The lowest BCUT2D eigenvalue weighted by molar-refractivity contribution is 0.303. The first-order valence-corrected chi connectivity index (χ1v) is 18.9. The van der Waals surface area contributed by atoms with E-state index in [-0.39, 0.29) is 21.0 Å². The molecule has 0 unspecified atom stereocenters. The predicted octanol–water partition coefficient (Wildman–Crippen LogP) is 11.4. The van der Waals surface area contributed by atoms with E-state index in [4.69, 9.17) is 4.98 Å². The van der Waals surface area contributed by atoms with Crippen LogP contribution in [0.1, 0.15) is 107 Å². The number of para-hydroxylation sites is 1. The Morgan fingerprint density at radius 1 is 0.875 bits per heavy atom. The molecule has 4 aromatic rings. The monoisotopic (exact) mass is 664 g/mol. The van der Waals surface area contributed by atoms with Crippen LogP contribution in [0.2, 0.25) is 0 Å². The fourth-order valence-corrected chi connectivity index (χ4v) is 10.7. The van der Waals surface area contributed by atoms with Gasteiger partial charge in [0.25, 0.3) is 0 Å². The smallest absolute Gasteiger partial charge is 0.194 e. The van der Waals surface area contributed by atoms with Crippen LogP contribution in [0.4, 0.5) is 5.13 Å². The van der Waals surface area contributed by atoms with Gasteiger partial charge in [0.2, 0.25) is 0 Å². The van der Waals surface area contributed by atoms with Crippen LogP contribution >= 0.6 is 32.3 Å². The number of hydrogen-bond donors (Lipinski definition) is 0. The van der Waals surface area contributed by atoms with Crippen molar-refractivity contribution in [3.05, 3.63) is 71.8 Å². The molecule has 0 saturated heterocycles. The summed E-state index contributed by atoms with van der Waals surface area (Å²) in [6, 6.07) is 23.0. The van der Waals surface area contributed by atoms with E-state index in [0.29, 0.717) is 0 Å². The molecule has 0 spiro atoms. The lowest BCUT2D eigenvalue weighted by Crippen LogP contribution is -2.23. The van der Waals surface area contributed by atoms with E-state index >= 15 is 0 Å². The van der Waals surface area contributed by atoms with Gasteiger partial charge in [-0.25, -0.2) is 4.98 Å². The molecule has 0 aliphatic heterocycles. The molecule has 6 rings (SSSR count). The summed E-state index contributed by atoms with van der Waals surface area (Å²) in [6.07, 6.45) is 18.2. The van der Waals surface area contributed by atoms with Gasteiger partial charge < -0.3 is 0 Å². The molecular weight excluding hydrogens is 619 g/mol. The second-order valence-corrected chi connectivity index (χ2v) is 15.6. The van der Waals surface area contributed by atoms with Crippen molar-refractivity contribution in [3.8, 4) is 0 Å². The van der Waals surface area contributed by atoms with Gasteiger partial charge in [-0.05, 0) is 94.3 Å². The lowest BCUT2D eigenvalue weighted by atomic mass is 9.76. The van der Waals surface area contributed by atoms with Crippen LogP contribution in [0.5, 0.6) is 0 Å². The maximum atomic E-state index is 5.09. The highest BCUT2D eigenvalue weighted by atomic mass is 127. The van der Waals surface area contributed by atoms with E-state index in [1.807, 2.05) is 11.3 Å². The molecule has 1 aromatic heterocycles. The van der Waals surface area contributed by atoms with Crippen LogP contribution in [0.15, 0.2) is 60.7 Å². The number of hydrogen-bond acceptors (Lipinski definition) is 3. The van der Waals surface area contributed by atoms with Gasteiger partial charge in [0.1, 0.15) is 0 Å². The van der Waals surface area contributed by atoms with Gasteiger partial charge in [0.05, 0.1) is 10.2 Å². The van der Waals surface area contributed by atoms with Gasteiger partial charge in [0, 0.05) is 27.5 Å². The van der Waals surface area contributed by atoms with E-state index in [9.17, 15) is 0 Å². The van der Waals surface area contributed by atoms with Gasteiger partial charge in [-0.1, -0.05) is 112 Å². The summed E-state index contributed by atoms with van der Waals surface area (Å²) in [5, 5.41) is 4.06. The second kappa shape index (κ2) is 13.9. The molecule has 1 heterocycles. The van der Waals surface area contributed by atoms with E-state index < -0.39 is 0 Å². The normalized spacial score (nSPS) is 20.7. The van der Waals surface area contributed by atoms with Crippen molar-refractivity contribution < 1.29 is 0 Å². The van der Waals surface area contributed by atoms with Crippen molar-refractivity contribution in [2.45, 2.75) is 96.3 Å². The predicted molar refractivity (Wildman–Crippen MR) is 186 cm³/mol. The van der Waals surface area contributed by atoms with Crippen LogP contribution < -0.4 is 3.11 Å². The Morgan fingerprint density at radius 2 is 1.73 bits per heavy atom. The van der Waals surface area contributed by atoms with Gasteiger partial charge in [-0.3, -0.25) is 3.11 Å². The van der Waals surface area contributed by atoms with Gasteiger partial charge in [-0.2, -0.15) is 0 Å². The van der Waals surface area contributed by atoms with Crippen molar-refractivity contribution in [1.29, 1.82) is 0 Å². The fourth-order valence-electron chi connectivity index (χ4n) is 6.98. The number of rotatable bonds is 10. The third-order valence-electron chi connectivity index (χ3n) is 9.39. The number of aromatic nitrogens is 1. The molecule has 0 N–H and O–H groups in total. The Balaban J connectivity index is 1.20. The molecule has 0 atom stereocenters. The third-order valence-corrected chi connectivity index (χ3v) is 13.2. The summed E-state index contributed by atoms with van der Waals surface area (Å²) in [4.78, 5) is 5.09. The van der Waals surface area contributed by atoms with E-state index in [2.05, 4.69) is 74.7 Å². The first-order valence-electron chi connectivity index (χ1n) is 15.9. The van der Waals surface area contributed by atoms with Crippen molar-refractivity contribution >= 4 is 62.5 Å². The second-order valence-electron chi connectivity index (χ2n) is 12.3. The average Bonchev–Trinajstić information content (AvgIpc) is 3.44. The van der Waals surface area contributed by atoms with Gasteiger partial charge >= 0.3 is 0 Å². The summed E-state index contributed by atoms with van der Waals surface area (Å²) in [7, 11) is 0. The summed E-state index contributed by atoms with van der Waals surface area (Å²) in [6.45, 7) is 3.48. The molecule has 4 heteroatoms. The van der Waals surface area contributed by atoms with Crippen LogP contribution in [0.25, 0.3) is 21.0 Å². The first-order chi connectivity index (χ1) is 19.8. The zero-order chi connectivity index (χ0) is 27.1. The van der Waals surface area contributed by atoms with Gasteiger partial charge in [-0.15, -0.1) is 0 Å². The van der Waals surface area contributed by atoms with Crippen molar-refractivity contribution in [2.75, 3.05) is 9.66 Å².